The van der Waals surface area contributed by atoms with Gasteiger partial charge in [-0.15, -0.1) is 0 Å². The Morgan fingerprint density at radius 2 is 1.83 bits per heavy atom. The van der Waals surface area contributed by atoms with Crippen LogP contribution in [0.15, 0.2) is 0 Å². The van der Waals surface area contributed by atoms with Crippen molar-refractivity contribution in [1.82, 2.24) is 0 Å². The summed E-state index contributed by atoms with van der Waals surface area (Å²) in [6, 6.07) is 0. The molecule has 66 valence electrons. The summed E-state index contributed by atoms with van der Waals surface area (Å²) < 4.78 is 0. The topological polar surface area (TPSA) is 0 Å². The van der Waals surface area contributed by atoms with E-state index in [9.17, 15) is 0 Å². The first kappa shape index (κ1) is 6.45. The van der Waals surface area contributed by atoms with Crippen LogP contribution in [-0.4, -0.2) is 0 Å². The fourth-order valence-corrected chi connectivity index (χ4v) is 5.37. The van der Waals surface area contributed by atoms with Gasteiger partial charge < -0.3 is 0 Å². The Morgan fingerprint density at radius 3 is 2.58 bits per heavy atom. The van der Waals surface area contributed by atoms with Gasteiger partial charge in [0.1, 0.15) is 0 Å². The molecule has 0 spiro atoms. The Bertz CT molecular complexity index is 253. The quantitative estimate of drug-likeness (QED) is 0.514. The molecule has 6 unspecified atom stereocenters. The monoisotopic (exact) mass is 162 g/mol. The highest BCUT2D eigenvalue weighted by Crippen LogP contribution is 2.79. The smallest absolute Gasteiger partial charge is 0.0294 e. The van der Waals surface area contributed by atoms with E-state index in [0.717, 1.165) is 17.3 Å². The van der Waals surface area contributed by atoms with Crippen LogP contribution in [0.1, 0.15) is 33.1 Å². The summed E-state index contributed by atoms with van der Waals surface area (Å²) in [5, 5.41) is 0. The van der Waals surface area contributed by atoms with Crippen molar-refractivity contribution in [3.05, 3.63) is 0 Å². The number of hydrogen-bond acceptors (Lipinski definition) is 0. The molecular weight excluding hydrogens is 144 g/mol. The molecule has 0 radical (unpaired) electrons. The molecule has 0 N–H and O–H groups in total. The molecule has 0 heterocycles. The highest BCUT2D eigenvalue weighted by atomic mass is 14.8. The third kappa shape index (κ3) is 0.459. The Kier molecular flexibility index (Phi) is 0.811. The lowest BCUT2D eigenvalue weighted by Crippen LogP contribution is -2.43. The predicted molar refractivity (Wildman–Crippen MR) is 48.6 cm³/mol. The minimum absolute atomic E-state index is 0.725. The van der Waals surface area contributed by atoms with Crippen molar-refractivity contribution in [2.45, 2.75) is 33.1 Å². The van der Waals surface area contributed by atoms with Crippen molar-refractivity contribution in [3.63, 3.8) is 0 Å². The van der Waals surface area contributed by atoms with Gasteiger partial charge in [-0.3, -0.25) is 0 Å². The molecule has 12 heavy (non-hydrogen) atoms. The second kappa shape index (κ2) is 1.51. The van der Waals surface area contributed by atoms with E-state index >= 15 is 0 Å². The molecule has 5 saturated carbocycles. The second-order valence-electron chi connectivity index (χ2n) is 6.41. The van der Waals surface area contributed by atoms with Gasteiger partial charge in [0, 0.05) is 0 Å². The fraction of sp³-hybridized carbons (Fsp3) is 1.00. The lowest BCUT2D eigenvalue weighted by Gasteiger charge is -2.51. The van der Waals surface area contributed by atoms with Crippen LogP contribution in [0, 0.1) is 40.9 Å². The molecule has 0 aliphatic heterocycles. The van der Waals surface area contributed by atoms with Crippen molar-refractivity contribution < 1.29 is 0 Å². The normalized spacial score (nSPS) is 68.5. The summed E-state index contributed by atoms with van der Waals surface area (Å²) in [4.78, 5) is 0. The summed E-state index contributed by atoms with van der Waals surface area (Å²) in [7, 11) is 0. The van der Waals surface area contributed by atoms with Crippen LogP contribution in [0.25, 0.3) is 0 Å². The second-order valence-corrected chi connectivity index (χ2v) is 6.41. The van der Waals surface area contributed by atoms with Gasteiger partial charge in [0.25, 0.3) is 0 Å². The molecule has 0 heteroatoms. The molecule has 5 aliphatic carbocycles. The lowest BCUT2D eigenvalue weighted by atomic mass is 9.54. The Morgan fingerprint density at radius 1 is 1.00 bits per heavy atom. The molecule has 0 amide bonds. The van der Waals surface area contributed by atoms with Crippen LogP contribution in [0.5, 0.6) is 0 Å². The van der Waals surface area contributed by atoms with Gasteiger partial charge >= 0.3 is 0 Å². The van der Waals surface area contributed by atoms with Gasteiger partial charge in [-0.25, -0.2) is 0 Å². The van der Waals surface area contributed by atoms with Gasteiger partial charge in [-0.1, -0.05) is 13.8 Å². The molecule has 5 fully saturated rings. The third-order valence-electron chi connectivity index (χ3n) is 6.01. The van der Waals surface area contributed by atoms with E-state index in [2.05, 4.69) is 13.8 Å². The average molecular weight is 162 g/mol. The van der Waals surface area contributed by atoms with Crippen LogP contribution in [0.3, 0.4) is 0 Å². The zero-order valence-electron chi connectivity index (χ0n) is 8.09. The Labute approximate surface area is 74.7 Å². The van der Waals surface area contributed by atoms with Crippen LogP contribution < -0.4 is 0 Å². The molecule has 0 saturated heterocycles. The molecular formula is C12H18. The van der Waals surface area contributed by atoms with Crippen LogP contribution in [-0.2, 0) is 0 Å². The zero-order valence-corrected chi connectivity index (χ0v) is 8.09. The van der Waals surface area contributed by atoms with Crippen molar-refractivity contribution in [2.24, 2.45) is 40.9 Å². The zero-order chi connectivity index (χ0) is 8.09. The van der Waals surface area contributed by atoms with E-state index in [0.29, 0.717) is 0 Å². The minimum Gasteiger partial charge on any atom is -0.0594 e. The molecule has 0 nitrogen and oxygen atoms in total. The molecule has 0 aromatic carbocycles. The maximum atomic E-state index is 2.55. The van der Waals surface area contributed by atoms with Gasteiger partial charge in [0.15, 0.2) is 0 Å². The standard InChI is InChI=1S/C12H18/c1-12(2)7-3-6-4-9(12)11-8(5-7)10(6)11/h6-11H,3-5H2,1-2H3. The summed E-state index contributed by atoms with van der Waals surface area (Å²) in [5.74, 6) is 7.11. The minimum atomic E-state index is 0.725. The first-order valence-electron chi connectivity index (χ1n) is 5.69. The van der Waals surface area contributed by atoms with E-state index in [1.54, 1.807) is 19.3 Å². The molecule has 0 aromatic rings. The maximum Gasteiger partial charge on any atom is -0.0294 e. The van der Waals surface area contributed by atoms with Crippen molar-refractivity contribution >= 4 is 0 Å². The number of hydrogen-bond donors (Lipinski definition) is 0. The maximum absolute atomic E-state index is 2.55. The first-order chi connectivity index (χ1) is 5.69. The van der Waals surface area contributed by atoms with E-state index in [-0.39, 0.29) is 0 Å². The van der Waals surface area contributed by atoms with Gasteiger partial charge in [0.2, 0.25) is 0 Å². The average Bonchev–Trinajstić information content (AvgIpc) is 2.55. The molecule has 5 aliphatic rings. The van der Waals surface area contributed by atoms with Crippen molar-refractivity contribution in [2.75, 3.05) is 0 Å². The van der Waals surface area contributed by atoms with E-state index in [1.807, 2.05) is 0 Å². The van der Waals surface area contributed by atoms with Crippen molar-refractivity contribution in [3.8, 4) is 0 Å². The highest BCUT2D eigenvalue weighted by Gasteiger charge is 2.72. The van der Waals surface area contributed by atoms with Gasteiger partial charge in [-0.05, 0) is 60.2 Å². The predicted octanol–water partition coefficient (Wildman–Crippen LogP) is 2.93. The Balaban J connectivity index is 1.87. The molecule has 6 atom stereocenters. The highest BCUT2D eigenvalue weighted by molar-refractivity contribution is 5.20. The summed E-state index contributed by atoms with van der Waals surface area (Å²) in [5.41, 5.74) is 0.725. The van der Waals surface area contributed by atoms with Gasteiger partial charge in [0.05, 0.1) is 0 Å². The Hall–Kier alpha value is 0. The SMILES string of the molecule is CC1(C)C2CC3CC1C1C(C2)C31. The fourth-order valence-electron chi connectivity index (χ4n) is 5.37. The van der Waals surface area contributed by atoms with E-state index in [1.165, 1.54) is 23.7 Å². The van der Waals surface area contributed by atoms with Crippen LogP contribution in [0.2, 0.25) is 0 Å². The third-order valence-corrected chi connectivity index (χ3v) is 6.01. The van der Waals surface area contributed by atoms with Gasteiger partial charge in [-0.2, -0.15) is 0 Å². The summed E-state index contributed by atoms with van der Waals surface area (Å²) in [6.45, 7) is 5.10. The van der Waals surface area contributed by atoms with Crippen molar-refractivity contribution in [1.29, 1.82) is 0 Å². The molecule has 4 bridgehead atoms. The van der Waals surface area contributed by atoms with Crippen LogP contribution in [0.4, 0.5) is 0 Å². The molecule has 0 aromatic heterocycles. The van der Waals surface area contributed by atoms with E-state index < -0.39 is 0 Å². The summed E-state index contributed by atoms with van der Waals surface area (Å²) >= 11 is 0. The number of rotatable bonds is 0. The van der Waals surface area contributed by atoms with Crippen LogP contribution >= 0.6 is 0 Å². The molecule has 5 rings (SSSR count). The largest absolute Gasteiger partial charge is 0.0594 e. The van der Waals surface area contributed by atoms with E-state index in [4.69, 9.17) is 0 Å². The first-order valence-corrected chi connectivity index (χ1v) is 5.69. The summed E-state index contributed by atoms with van der Waals surface area (Å²) in [6.07, 6.45) is 4.81. The lowest BCUT2D eigenvalue weighted by molar-refractivity contribution is -0.0151.